The second kappa shape index (κ2) is 6.56. The van der Waals surface area contributed by atoms with Crippen LogP contribution in [-0.4, -0.2) is 47.2 Å². The summed E-state index contributed by atoms with van der Waals surface area (Å²) in [6.07, 6.45) is 4.32. The molecule has 1 fully saturated rings. The van der Waals surface area contributed by atoms with Gasteiger partial charge >= 0.3 is 0 Å². The van der Waals surface area contributed by atoms with Gasteiger partial charge in [-0.25, -0.2) is 0 Å². The van der Waals surface area contributed by atoms with E-state index in [9.17, 15) is 4.79 Å². The Morgan fingerprint density at radius 3 is 2.89 bits per heavy atom. The molecule has 0 bridgehead atoms. The fourth-order valence-electron chi connectivity index (χ4n) is 2.42. The highest BCUT2D eigenvalue weighted by Gasteiger charge is 2.17. The number of hydrogen-bond acceptors (Lipinski definition) is 4. The van der Waals surface area contributed by atoms with E-state index in [4.69, 9.17) is 5.73 Å². The number of anilines is 1. The zero-order valence-corrected chi connectivity index (χ0v) is 11.5. The number of nitrogens with zero attached hydrogens (tertiary/aromatic N) is 2. The minimum atomic E-state index is -0.185. The quantitative estimate of drug-likeness (QED) is 0.709. The average Bonchev–Trinajstić information content (AvgIpc) is 3.01. The molecule has 1 aliphatic heterocycles. The van der Waals surface area contributed by atoms with Crippen molar-refractivity contribution in [1.29, 1.82) is 0 Å². The molecule has 2 rings (SSSR count). The van der Waals surface area contributed by atoms with Gasteiger partial charge in [0.05, 0.1) is 11.4 Å². The molecule has 1 aliphatic rings. The van der Waals surface area contributed by atoms with Gasteiger partial charge in [0, 0.05) is 13.1 Å². The van der Waals surface area contributed by atoms with Gasteiger partial charge in [0.25, 0.3) is 5.91 Å². The summed E-state index contributed by atoms with van der Waals surface area (Å²) >= 11 is 0. The van der Waals surface area contributed by atoms with Gasteiger partial charge < -0.3 is 16.0 Å². The number of nitrogens with two attached hydrogens (primary N) is 1. The van der Waals surface area contributed by atoms with Gasteiger partial charge in [-0.05, 0) is 32.4 Å². The highest BCUT2D eigenvalue weighted by atomic mass is 16.1. The average molecular weight is 265 g/mol. The monoisotopic (exact) mass is 265 g/mol. The third-order valence-electron chi connectivity index (χ3n) is 3.51. The van der Waals surface area contributed by atoms with E-state index in [0.29, 0.717) is 17.9 Å². The minimum absolute atomic E-state index is 0.185. The van der Waals surface area contributed by atoms with Crippen molar-refractivity contribution in [1.82, 2.24) is 20.4 Å². The van der Waals surface area contributed by atoms with E-state index >= 15 is 0 Å². The Bertz CT molecular complexity index is 423. The van der Waals surface area contributed by atoms with Crippen molar-refractivity contribution >= 4 is 11.6 Å². The number of carbonyl (C=O) groups is 1. The Labute approximate surface area is 113 Å². The maximum Gasteiger partial charge on any atom is 0.273 e. The SMILES string of the molecule is CCCc1[nH]nc(C(=O)NCCN2CCCC2)c1N. The van der Waals surface area contributed by atoms with Crippen molar-refractivity contribution in [2.75, 3.05) is 31.9 Å². The summed E-state index contributed by atoms with van der Waals surface area (Å²) < 4.78 is 0. The summed E-state index contributed by atoms with van der Waals surface area (Å²) in [5.74, 6) is -0.185. The molecule has 6 nitrogen and oxygen atoms in total. The smallest absolute Gasteiger partial charge is 0.273 e. The van der Waals surface area contributed by atoms with Gasteiger partial charge in [-0.2, -0.15) is 5.10 Å². The maximum absolute atomic E-state index is 12.0. The van der Waals surface area contributed by atoms with Crippen molar-refractivity contribution < 1.29 is 4.79 Å². The molecule has 1 aromatic heterocycles. The number of nitrogens with one attached hydrogen (secondary N) is 2. The number of H-pyrrole nitrogens is 1. The third kappa shape index (κ3) is 3.47. The summed E-state index contributed by atoms with van der Waals surface area (Å²) in [6, 6.07) is 0. The van der Waals surface area contributed by atoms with Crippen LogP contribution in [0.3, 0.4) is 0 Å². The van der Waals surface area contributed by atoms with Crippen LogP contribution >= 0.6 is 0 Å². The lowest BCUT2D eigenvalue weighted by Gasteiger charge is -2.14. The predicted octanol–water partition coefficient (Wildman–Crippen LogP) is 0.770. The molecular weight excluding hydrogens is 242 g/mol. The molecule has 1 aromatic rings. The van der Waals surface area contributed by atoms with E-state index in [1.165, 1.54) is 12.8 Å². The number of hydrogen-bond donors (Lipinski definition) is 3. The number of amides is 1. The number of carbonyl (C=O) groups excluding carboxylic acids is 1. The summed E-state index contributed by atoms with van der Waals surface area (Å²) in [5.41, 5.74) is 7.58. The first kappa shape index (κ1) is 13.9. The van der Waals surface area contributed by atoms with Crippen molar-refractivity contribution in [3.8, 4) is 0 Å². The number of aryl methyl sites for hydroxylation is 1. The second-order valence-electron chi connectivity index (χ2n) is 5.02. The fraction of sp³-hybridized carbons (Fsp3) is 0.692. The summed E-state index contributed by atoms with van der Waals surface area (Å²) in [6.45, 7) is 5.89. The largest absolute Gasteiger partial charge is 0.395 e. The molecular formula is C13H23N5O. The molecule has 0 aliphatic carbocycles. The van der Waals surface area contributed by atoms with Crippen LogP contribution in [0.1, 0.15) is 42.4 Å². The molecule has 0 aromatic carbocycles. The lowest BCUT2D eigenvalue weighted by Crippen LogP contribution is -2.33. The first-order chi connectivity index (χ1) is 9.22. The minimum Gasteiger partial charge on any atom is -0.395 e. The Hall–Kier alpha value is -1.56. The van der Waals surface area contributed by atoms with Crippen LogP contribution in [0.4, 0.5) is 5.69 Å². The van der Waals surface area contributed by atoms with Crippen LogP contribution in [0.25, 0.3) is 0 Å². The van der Waals surface area contributed by atoms with Crippen LogP contribution in [0.15, 0.2) is 0 Å². The summed E-state index contributed by atoms with van der Waals surface area (Å²) in [4.78, 5) is 14.3. The highest BCUT2D eigenvalue weighted by molar-refractivity contribution is 5.97. The van der Waals surface area contributed by atoms with Crippen LogP contribution in [0, 0.1) is 0 Å². The van der Waals surface area contributed by atoms with Gasteiger partial charge in [0.2, 0.25) is 0 Å². The molecule has 2 heterocycles. The van der Waals surface area contributed by atoms with E-state index in [1.54, 1.807) is 0 Å². The van der Waals surface area contributed by atoms with E-state index in [2.05, 4.69) is 27.3 Å². The van der Waals surface area contributed by atoms with Crippen LogP contribution in [-0.2, 0) is 6.42 Å². The standard InChI is InChI=1S/C13H23N5O/c1-2-5-10-11(14)12(17-16-10)13(19)15-6-9-18-7-3-4-8-18/h2-9,14H2,1H3,(H,15,19)(H,16,17). The van der Waals surface area contributed by atoms with Crippen LogP contribution in [0.2, 0.25) is 0 Å². The first-order valence-corrected chi connectivity index (χ1v) is 7.05. The topological polar surface area (TPSA) is 87.0 Å². The lowest BCUT2D eigenvalue weighted by atomic mass is 10.2. The number of rotatable bonds is 6. The maximum atomic E-state index is 12.0. The van der Waals surface area contributed by atoms with Gasteiger partial charge in [-0.3, -0.25) is 9.89 Å². The van der Waals surface area contributed by atoms with Crippen molar-refractivity contribution in [2.45, 2.75) is 32.6 Å². The summed E-state index contributed by atoms with van der Waals surface area (Å²) in [7, 11) is 0. The third-order valence-corrected chi connectivity index (χ3v) is 3.51. The number of likely N-dealkylation sites (tertiary alicyclic amines) is 1. The zero-order valence-electron chi connectivity index (χ0n) is 11.5. The molecule has 106 valence electrons. The van der Waals surface area contributed by atoms with E-state index < -0.39 is 0 Å². The van der Waals surface area contributed by atoms with E-state index in [1.807, 2.05) is 0 Å². The molecule has 0 atom stereocenters. The number of nitrogen functional groups attached to an aromatic ring is 1. The molecule has 0 saturated carbocycles. The second-order valence-corrected chi connectivity index (χ2v) is 5.02. The predicted molar refractivity (Wildman–Crippen MR) is 75.0 cm³/mol. The molecule has 6 heteroatoms. The molecule has 1 saturated heterocycles. The molecule has 0 radical (unpaired) electrons. The number of aromatic amines is 1. The molecule has 19 heavy (non-hydrogen) atoms. The van der Waals surface area contributed by atoms with Crippen molar-refractivity contribution in [3.63, 3.8) is 0 Å². The fourth-order valence-corrected chi connectivity index (χ4v) is 2.42. The molecule has 0 unspecified atom stereocenters. The molecule has 1 amide bonds. The van der Waals surface area contributed by atoms with Gasteiger partial charge in [-0.1, -0.05) is 13.3 Å². The summed E-state index contributed by atoms with van der Waals surface area (Å²) in [5, 5.41) is 9.73. The van der Waals surface area contributed by atoms with E-state index in [-0.39, 0.29) is 5.91 Å². The normalized spacial score (nSPS) is 15.8. The van der Waals surface area contributed by atoms with Gasteiger partial charge in [-0.15, -0.1) is 0 Å². The molecule has 4 N–H and O–H groups in total. The Morgan fingerprint density at radius 1 is 1.47 bits per heavy atom. The van der Waals surface area contributed by atoms with Crippen molar-refractivity contribution in [3.05, 3.63) is 11.4 Å². The van der Waals surface area contributed by atoms with Crippen LogP contribution in [0.5, 0.6) is 0 Å². The Morgan fingerprint density at radius 2 is 2.21 bits per heavy atom. The van der Waals surface area contributed by atoms with Gasteiger partial charge in [0.1, 0.15) is 0 Å². The first-order valence-electron chi connectivity index (χ1n) is 7.05. The van der Waals surface area contributed by atoms with Crippen LogP contribution < -0.4 is 11.1 Å². The Balaban J connectivity index is 1.82. The Kier molecular flexibility index (Phi) is 4.79. The molecule has 0 spiro atoms. The van der Waals surface area contributed by atoms with Crippen molar-refractivity contribution in [2.24, 2.45) is 0 Å². The zero-order chi connectivity index (χ0) is 13.7. The highest BCUT2D eigenvalue weighted by Crippen LogP contribution is 2.15. The number of aromatic nitrogens is 2. The lowest BCUT2D eigenvalue weighted by molar-refractivity contribution is 0.0945. The van der Waals surface area contributed by atoms with Gasteiger partial charge in [0.15, 0.2) is 5.69 Å². The van der Waals surface area contributed by atoms with E-state index in [0.717, 1.165) is 38.2 Å².